The Kier molecular flexibility index (Phi) is 4.64. The minimum atomic E-state index is 0.333. The average molecular weight is 340 g/mol. The molecule has 0 spiro atoms. The fourth-order valence-corrected chi connectivity index (χ4v) is 3.34. The Morgan fingerprint density at radius 3 is 3.15 bits per heavy atom. The van der Waals surface area contributed by atoms with E-state index in [9.17, 15) is 0 Å². The number of ether oxygens (including phenoxy) is 2. The monoisotopic (exact) mass is 339 g/mol. The number of alkyl halides is 1. The zero-order valence-corrected chi connectivity index (χ0v) is 13.6. The van der Waals surface area contributed by atoms with E-state index in [2.05, 4.69) is 46.0 Å². The van der Waals surface area contributed by atoms with Crippen molar-refractivity contribution in [2.45, 2.75) is 31.9 Å². The molecule has 3 nitrogen and oxygen atoms in total. The van der Waals surface area contributed by atoms with Gasteiger partial charge in [0.05, 0.1) is 19.3 Å². The minimum Gasteiger partial charge on any atom is -0.493 e. The standard InChI is InChI=1S/C16H22BrNO2/c1-12-11-20-15(9-17)10-18(12)6-4-13-2-3-16-14(8-13)5-7-19-16/h2-3,8,12,15H,4-7,9-11H2,1H3. The lowest BCUT2D eigenvalue weighted by Crippen LogP contribution is -2.49. The molecule has 2 atom stereocenters. The number of rotatable bonds is 4. The molecule has 2 unspecified atom stereocenters. The lowest BCUT2D eigenvalue weighted by Gasteiger charge is -2.37. The summed E-state index contributed by atoms with van der Waals surface area (Å²) in [6.07, 6.45) is 2.50. The van der Waals surface area contributed by atoms with Gasteiger partial charge in [-0.25, -0.2) is 0 Å². The predicted octanol–water partition coefficient (Wildman–Crippen LogP) is 2.65. The van der Waals surface area contributed by atoms with Crippen molar-refractivity contribution in [3.63, 3.8) is 0 Å². The van der Waals surface area contributed by atoms with E-state index in [4.69, 9.17) is 9.47 Å². The fourth-order valence-electron chi connectivity index (χ4n) is 2.95. The molecule has 20 heavy (non-hydrogen) atoms. The van der Waals surface area contributed by atoms with Crippen LogP contribution in [0.2, 0.25) is 0 Å². The van der Waals surface area contributed by atoms with E-state index in [1.807, 2.05) is 0 Å². The number of hydrogen-bond acceptors (Lipinski definition) is 3. The third-order valence-electron chi connectivity index (χ3n) is 4.25. The molecule has 1 aromatic carbocycles. The summed E-state index contributed by atoms with van der Waals surface area (Å²) in [7, 11) is 0. The van der Waals surface area contributed by atoms with E-state index in [1.165, 1.54) is 11.1 Å². The second-order valence-electron chi connectivity index (χ2n) is 5.74. The third-order valence-corrected chi connectivity index (χ3v) is 4.97. The molecule has 4 heteroatoms. The van der Waals surface area contributed by atoms with Crippen LogP contribution in [0.1, 0.15) is 18.1 Å². The van der Waals surface area contributed by atoms with Crippen LogP contribution in [0, 0.1) is 0 Å². The van der Waals surface area contributed by atoms with Gasteiger partial charge in [-0.2, -0.15) is 0 Å². The Bertz CT molecular complexity index is 466. The summed E-state index contributed by atoms with van der Waals surface area (Å²) in [5.41, 5.74) is 2.79. The summed E-state index contributed by atoms with van der Waals surface area (Å²) < 4.78 is 11.3. The lowest BCUT2D eigenvalue weighted by atomic mass is 10.1. The van der Waals surface area contributed by atoms with Crippen LogP contribution in [-0.2, 0) is 17.6 Å². The summed E-state index contributed by atoms with van der Waals surface area (Å²) >= 11 is 3.52. The lowest BCUT2D eigenvalue weighted by molar-refractivity contribution is -0.0460. The number of morpholine rings is 1. The van der Waals surface area contributed by atoms with Gasteiger partial charge in [0.15, 0.2) is 0 Å². The first-order valence-electron chi connectivity index (χ1n) is 7.42. The van der Waals surface area contributed by atoms with Crippen LogP contribution < -0.4 is 4.74 Å². The van der Waals surface area contributed by atoms with E-state index in [0.717, 1.165) is 50.2 Å². The third kappa shape index (κ3) is 3.18. The highest BCUT2D eigenvalue weighted by Crippen LogP contribution is 2.26. The van der Waals surface area contributed by atoms with Crippen molar-refractivity contribution >= 4 is 15.9 Å². The number of hydrogen-bond donors (Lipinski definition) is 0. The van der Waals surface area contributed by atoms with Crippen LogP contribution in [0.15, 0.2) is 18.2 Å². The Hall–Kier alpha value is -0.580. The minimum absolute atomic E-state index is 0.333. The van der Waals surface area contributed by atoms with Crippen molar-refractivity contribution in [2.75, 3.05) is 31.6 Å². The summed E-state index contributed by atoms with van der Waals surface area (Å²) in [6, 6.07) is 7.16. The van der Waals surface area contributed by atoms with E-state index in [0.29, 0.717) is 12.1 Å². The van der Waals surface area contributed by atoms with Crippen LogP contribution in [0.5, 0.6) is 5.75 Å². The molecule has 0 aromatic heterocycles. The van der Waals surface area contributed by atoms with Gasteiger partial charge in [0, 0.05) is 30.9 Å². The van der Waals surface area contributed by atoms with E-state index >= 15 is 0 Å². The SMILES string of the molecule is CC1COC(CBr)CN1CCc1ccc2c(c1)CCO2. The maximum absolute atomic E-state index is 5.78. The molecule has 1 aromatic rings. The second kappa shape index (κ2) is 6.46. The number of benzene rings is 1. The largest absolute Gasteiger partial charge is 0.493 e. The Balaban J connectivity index is 1.58. The summed E-state index contributed by atoms with van der Waals surface area (Å²) in [6.45, 7) is 6.07. The highest BCUT2D eigenvalue weighted by Gasteiger charge is 2.25. The Morgan fingerprint density at radius 1 is 1.40 bits per heavy atom. The van der Waals surface area contributed by atoms with Crippen LogP contribution >= 0.6 is 15.9 Å². The van der Waals surface area contributed by atoms with Crippen molar-refractivity contribution in [3.8, 4) is 5.75 Å². The molecule has 2 aliphatic heterocycles. The van der Waals surface area contributed by atoms with Crippen LogP contribution in [-0.4, -0.2) is 48.7 Å². The molecule has 0 saturated carbocycles. The number of fused-ring (bicyclic) bond motifs is 1. The van der Waals surface area contributed by atoms with Crippen molar-refractivity contribution in [3.05, 3.63) is 29.3 Å². The maximum Gasteiger partial charge on any atom is 0.122 e. The molecule has 2 heterocycles. The van der Waals surface area contributed by atoms with Gasteiger partial charge in [0.2, 0.25) is 0 Å². The molecule has 2 aliphatic rings. The van der Waals surface area contributed by atoms with Gasteiger partial charge >= 0.3 is 0 Å². The van der Waals surface area contributed by atoms with Gasteiger partial charge in [-0.1, -0.05) is 28.1 Å². The number of nitrogens with zero attached hydrogens (tertiary/aromatic N) is 1. The highest BCUT2D eigenvalue weighted by atomic mass is 79.9. The van der Waals surface area contributed by atoms with Crippen molar-refractivity contribution in [1.82, 2.24) is 4.90 Å². The van der Waals surface area contributed by atoms with Crippen molar-refractivity contribution < 1.29 is 9.47 Å². The van der Waals surface area contributed by atoms with E-state index < -0.39 is 0 Å². The zero-order valence-electron chi connectivity index (χ0n) is 12.0. The maximum atomic E-state index is 5.78. The first-order chi connectivity index (χ1) is 9.76. The molecular formula is C16H22BrNO2. The van der Waals surface area contributed by atoms with E-state index in [-0.39, 0.29) is 0 Å². The molecule has 0 N–H and O–H groups in total. The quantitative estimate of drug-likeness (QED) is 0.787. The zero-order chi connectivity index (χ0) is 13.9. The summed E-state index contributed by atoms with van der Waals surface area (Å²) in [4.78, 5) is 2.54. The molecule has 0 radical (unpaired) electrons. The summed E-state index contributed by atoms with van der Waals surface area (Å²) in [5, 5.41) is 0.923. The topological polar surface area (TPSA) is 21.7 Å². The van der Waals surface area contributed by atoms with E-state index in [1.54, 1.807) is 0 Å². The summed E-state index contributed by atoms with van der Waals surface area (Å²) in [5.74, 6) is 1.08. The van der Waals surface area contributed by atoms with Gasteiger partial charge in [-0.05, 0) is 30.5 Å². The molecule has 110 valence electrons. The molecule has 3 rings (SSSR count). The smallest absolute Gasteiger partial charge is 0.122 e. The van der Waals surface area contributed by atoms with Gasteiger partial charge < -0.3 is 9.47 Å². The predicted molar refractivity (Wildman–Crippen MR) is 83.9 cm³/mol. The van der Waals surface area contributed by atoms with Gasteiger partial charge in [0.1, 0.15) is 5.75 Å². The van der Waals surface area contributed by atoms with Gasteiger partial charge in [-0.3, -0.25) is 4.90 Å². The average Bonchev–Trinajstić information content (AvgIpc) is 2.94. The second-order valence-corrected chi connectivity index (χ2v) is 6.39. The first kappa shape index (κ1) is 14.4. The van der Waals surface area contributed by atoms with Crippen LogP contribution in [0.4, 0.5) is 0 Å². The molecule has 0 aliphatic carbocycles. The fraction of sp³-hybridized carbons (Fsp3) is 0.625. The van der Waals surface area contributed by atoms with Crippen molar-refractivity contribution in [2.24, 2.45) is 0 Å². The normalized spacial score (nSPS) is 26.3. The highest BCUT2D eigenvalue weighted by molar-refractivity contribution is 9.09. The molecule has 1 fully saturated rings. The molecular weight excluding hydrogens is 318 g/mol. The van der Waals surface area contributed by atoms with Gasteiger partial charge in [0.25, 0.3) is 0 Å². The first-order valence-corrected chi connectivity index (χ1v) is 8.54. The molecule has 0 amide bonds. The Labute approximate surface area is 129 Å². The van der Waals surface area contributed by atoms with Crippen molar-refractivity contribution in [1.29, 1.82) is 0 Å². The van der Waals surface area contributed by atoms with Gasteiger partial charge in [-0.15, -0.1) is 0 Å². The van der Waals surface area contributed by atoms with Crippen LogP contribution in [0.3, 0.4) is 0 Å². The van der Waals surface area contributed by atoms with Crippen LogP contribution in [0.25, 0.3) is 0 Å². The Morgan fingerprint density at radius 2 is 2.30 bits per heavy atom. The molecule has 1 saturated heterocycles. The number of halogens is 1. The molecule has 0 bridgehead atoms.